The third-order valence-corrected chi connectivity index (χ3v) is 3.71. The number of carbonyl (C=O) groups excluding carboxylic acids is 1. The minimum Gasteiger partial charge on any atom is -0.334 e. The smallest absolute Gasteiger partial charge is 0.322 e. The van der Waals surface area contributed by atoms with Crippen LogP contribution in [0.25, 0.3) is 0 Å². The number of para-hydroxylation sites is 1. The van der Waals surface area contributed by atoms with Gasteiger partial charge in [0, 0.05) is 18.8 Å². The molecule has 2 aromatic rings. The first-order valence-electron chi connectivity index (χ1n) is 7.12. The number of hydrogen-bond acceptors (Lipinski definition) is 1. The number of fused-ring (bicyclic) bond motifs is 1. The second kappa shape index (κ2) is 5.95. The van der Waals surface area contributed by atoms with E-state index in [1.54, 1.807) is 17.0 Å². The molecule has 2 amide bonds. The van der Waals surface area contributed by atoms with Crippen molar-refractivity contribution in [3.05, 3.63) is 65.5 Å². The normalized spacial score (nSPS) is 13.7. The van der Waals surface area contributed by atoms with Gasteiger partial charge in [0.25, 0.3) is 0 Å². The van der Waals surface area contributed by atoms with E-state index in [9.17, 15) is 9.18 Å². The van der Waals surface area contributed by atoms with E-state index in [0.29, 0.717) is 6.54 Å². The maximum atomic E-state index is 12.8. The molecule has 4 heteroatoms. The molecule has 1 aliphatic heterocycles. The van der Waals surface area contributed by atoms with Gasteiger partial charge >= 0.3 is 6.03 Å². The summed E-state index contributed by atoms with van der Waals surface area (Å²) in [5.41, 5.74) is 3.08. The highest BCUT2D eigenvalue weighted by Crippen LogP contribution is 2.26. The molecule has 0 bridgehead atoms. The fourth-order valence-corrected chi connectivity index (χ4v) is 2.62. The van der Waals surface area contributed by atoms with Gasteiger partial charge in [0.05, 0.1) is 0 Å². The summed E-state index contributed by atoms with van der Waals surface area (Å²) in [6.07, 6.45) is 1.99. The van der Waals surface area contributed by atoms with E-state index in [0.717, 1.165) is 30.6 Å². The topological polar surface area (TPSA) is 32.3 Å². The molecule has 2 aromatic carbocycles. The quantitative estimate of drug-likeness (QED) is 0.899. The lowest BCUT2D eigenvalue weighted by molar-refractivity contribution is 0.245. The molecule has 1 N–H and O–H groups in total. The van der Waals surface area contributed by atoms with Crippen molar-refractivity contribution in [3.8, 4) is 0 Å². The van der Waals surface area contributed by atoms with Gasteiger partial charge < -0.3 is 5.32 Å². The summed E-state index contributed by atoms with van der Waals surface area (Å²) in [5.74, 6) is -0.268. The summed E-state index contributed by atoms with van der Waals surface area (Å²) in [4.78, 5) is 14.1. The van der Waals surface area contributed by atoms with Crippen molar-refractivity contribution in [1.29, 1.82) is 0 Å². The Kier molecular flexibility index (Phi) is 3.86. The van der Waals surface area contributed by atoms with Gasteiger partial charge in [-0.3, -0.25) is 4.90 Å². The van der Waals surface area contributed by atoms with Gasteiger partial charge in [-0.25, -0.2) is 9.18 Å². The molecule has 0 fully saturated rings. The number of hydrogen-bond donors (Lipinski definition) is 1. The van der Waals surface area contributed by atoms with E-state index in [4.69, 9.17) is 0 Å². The Morgan fingerprint density at radius 2 is 1.90 bits per heavy atom. The highest BCUT2D eigenvalue weighted by Gasteiger charge is 2.21. The fourth-order valence-electron chi connectivity index (χ4n) is 2.62. The summed E-state index contributed by atoms with van der Waals surface area (Å²) < 4.78 is 12.8. The summed E-state index contributed by atoms with van der Waals surface area (Å²) >= 11 is 0. The average molecular weight is 284 g/mol. The van der Waals surface area contributed by atoms with Crippen molar-refractivity contribution in [1.82, 2.24) is 5.32 Å². The Morgan fingerprint density at radius 3 is 2.71 bits per heavy atom. The second-order valence-corrected chi connectivity index (χ2v) is 5.17. The van der Waals surface area contributed by atoms with Crippen LogP contribution in [0, 0.1) is 5.82 Å². The first-order chi connectivity index (χ1) is 10.2. The van der Waals surface area contributed by atoms with Gasteiger partial charge in [-0.1, -0.05) is 30.3 Å². The molecule has 1 heterocycles. The van der Waals surface area contributed by atoms with Crippen molar-refractivity contribution >= 4 is 11.7 Å². The van der Waals surface area contributed by atoms with Crippen LogP contribution in [0.2, 0.25) is 0 Å². The van der Waals surface area contributed by atoms with Gasteiger partial charge in [-0.05, 0) is 42.2 Å². The van der Waals surface area contributed by atoms with Gasteiger partial charge in [-0.15, -0.1) is 0 Å². The molecule has 3 nitrogen and oxygen atoms in total. The maximum Gasteiger partial charge on any atom is 0.322 e. The Balaban J connectivity index is 1.68. The summed E-state index contributed by atoms with van der Waals surface area (Å²) in [7, 11) is 0. The molecular formula is C17H17FN2O. The molecule has 0 aliphatic carbocycles. The average Bonchev–Trinajstić information content (AvgIpc) is 2.53. The number of amides is 2. The van der Waals surface area contributed by atoms with Crippen LogP contribution in [0.15, 0.2) is 48.5 Å². The predicted molar refractivity (Wildman–Crippen MR) is 80.7 cm³/mol. The first kappa shape index (κ1) is 13.6. The molecule has 0 saturated heterocycles. The number of nitrogens with one attached hydrogen (secondary N) is 1. The number of nitrogens with zero attached hydrogens (tertiary/aromatic N) is 1. The van der Waals surface area contributed by atoms with Gasteiger partial charge in [0.2, 0.25) is 0 Å². The Morgan fingerprint density at radius 1 is 1.14 bits per heavy atom. The van der Waals surface area contributed by atoms with Crippen LogP contribution in [0.5, 0.6) is 0 Å². The molecule has 21 heavy (non-hydrogen) atoms. The number of rotatable bonds is 2. The van der Waals surface area contributed by atoms with E-state index in [-0.39, 0.29) is 11.8 Å². The van der Waals surface area contributed by atoms with E-state index in [1.165, 1.54) is 17.7 Å². The molecule has 0 radical (unpaired) electrons. The second-order valence-electron chi connectivity index (χ2n) is 5.17. The molecular weight excluding hydrogens is 267 g/mol. The largest absolute Gasteiger partial charge is 0.334 e. The number of carbonyl (C=O) groups is 1. The summed E-state index contributed by atoms with van der Waals surface area (Å²) in [6.45, 7) is 1.13. The van der Waals surface area contributed by atoms with E-state index >= 15 is 0 Å². The van der Waals surface area contributed by atoms with E-state index in [1.807, 2.05) is 18.2 Å². The van der Waals surface area contributed by atoms with Crippen molar-refractivity contribution < 1.29 is 9.18 Å². The van der Waals surface area contributed by atoms with Crippen molar-refractivity contribution in [2.45, 2.75) is 19.4 Å². The zero-order valence-electron chi connectivity index (χ0n) is 11.7. The van der Waals surface area contributed by atoms with Crippen molar-refractivity contribution in [2.75, 3.05) is 11.4 Å². The molecule has 0 spiro atoms. The molecule has 0 aromatic heterocycles. The highest BCUT2D eigenvalue weighted by molar-refractivity contribution is 5.93. The maximum absolute atomic E-state index is 12.8. The number of anilines is 1. The molecule has 0 unspecified atom stereocenters. The zero-order valence-corrected chi connectivity index (χ0v) is 11.7. The van der Waals surface area contributed by atoms with Crippen LogP contribution in [-0.4, -0.2) is 12.6 Å². The SMILES string of the molecule is O=C(NCc1ccc(F)cc1)N1CCCc2ccccc21. The first-order valence-corrected chi connectivity index (χ1v) is 7.12. The van der Waals surface area contributed by atoms with Gasteiger partial charge in [-0.2, -0.15) is 0 Å². The number of benzene rings is 2. The van der Waals surface area contributed by atoms with Crippen LogP contribution in [-0.2, 0) is 13.0 Å². The number of urea groups is 1. The molecule has 0 atom stereocenters. The van der Waals surface area contributed by atoms with Crippen molar-refractivity contribution in [2.24, 2.45) is 0 Å². The number of aryl methyl sites for hydroxylation is 1. The molecule has 0 saturated carbocycles. The minimum absolute atomic E-state index is 0.105. The molecule has 1 aliphatic rings. The van der Waals surface area contributed by atoms with Crippen LogP contribution in [0.4, 0.5) is 14.9 Å². The molecule has 3 rings (SSSR count). The lowest BCUT2D eigenvalue weighted by atomic mass is 10.0. The molecule has 108 valence electrons. The van der Waals surface area contributed by atoms with E-state index in [2.05, 4.69) is 11.4 Å². The Labute approximate surface area is 123 Å². The van der Waals surface area contributed by atoms with Gasteiger partial charge in [0.15, 0.2) is 0 Å². The van der Waals surface area contributed by atoms with Crippen LogP contribution >= 0.6 is 0 Å². The fraction of sp³-hybridized carbons (Fsp3) is 0.235. The monoisotopic (exact) mass is 284 g/mol. The van der Waals surface area contributed by atoms with Crippen LogP contribution in [0.3, 0.4) is 0 Å². The van der Waals surface area contributed by atoms with Gasteiger partial charge in [0.1, 0.15) is 5.82 Å². The summed E-state index contributed by atoms with van der Waals surface area (Å²) in [6, 6.07) is 14.0. The lowest BCUT2D eigenvalue weighted by Crippen LogP contribution is -2.42. The van der Waals surface area contributed by atoms with Crippen LogP contribution < -0.4 is 10.2 Å². The highest BCUT2D eigenvalue weighted by atomic mass is 19.1. The predicted octanol–water partition coefficient (Wildman–Crippen LogP) is 3.49. The standard InChI is InChI=1S/C17H17FN2O/c18-15-9-7-13(8-10-15)12-19-17(21)20-11-3-5-14-4-1-2-6-16(14)20/h1-2,4,6-10H,3,5,11-12H2,(H,19,21). The third-order valence-electron chi connectivity index (χ3n) is 3.71. The Hall–Kier alpha value is -2.36. The number of halogens is 1. The minimum atomic E-state index is -0.268. The van der Waals surface area contributed by atoms with Crippen molar-refractivity contribution in [3.63, 3.8) is 0 Å². The summed E-state index contributed by atoms with van der Waals surface area (Å²) in [5, 5.41) is 2.89. The van der Waals surface area contributed by atoms with E-state index < -0.39 is 0 Å². The lowest BCUT2D eigenvalue weighted by Gasteiger charge is -2.29. The third kappa shape index (κ3) is 3.05. The Bertz CT molecular complexity index is 639. The van der Waals surface area contributed by atoms with Crippen LogP contribution in [0.1, 0.15) is 17.5 Å². The zero-order chi connectivity index (χ0) is 14.7.